The van der Waals surface area contributed by atoms with Gasteiger partial charge in [-0.1, -0.05) is 12.1 Å². The van der Waals surface area contributed by atoms with Crippen LogP contribution in [0.3, 0.4) is 0 Å². The van der Waals surface area contributed by atoms with Crippen molar-refractivity contribution in [1.29, 1.82) is 0 Å². The summed E-state index contributed by atoms with van der Waals surface area (Å²) in [5.74, 6) is 0.438. The Morgan fingerprint density at radius 3 is 2.67 bits per heavy atom. The largest absolute Gasteiger partial charge is 0.327 e. The molecule has 1 aliphatic rings. The van der Waals surface area contributed by atoms with E-state index >= 15 is 0 Å². The number of thiophene rings is 1. The van der Waals surface area contributed by atoms with Crippen LogP contribution in [0.4, 0.5) is 4.39 Å². The lowest BCUT2D eigenvalue weighted by molar-refractivity contribution is 0.149. The number of likely N-dealkylation sites (tertiary alicyclic amines) is 1. The summed E-state index contributed by atoms with van der Waals surface area (Å²) in [6.45, 7) is 2.85. The average Bonchev–Trinajstić information content (AvgIpc) is 2.93. The Bertz CT molecular complexity index is 553. The molecule has 0 saturated carbocycles. The molecular weight excluding hydrogens is 283 g/mol. The van der Waals surface area contributed by atoms with Gasteiger partial charge in [0, 0.05) is 25.7 Å². The second-order valence-electron chi connectivity index (χ2n) is 6.02. The van der Waals surface area contributed by atoms with Gasteiger partial charge in [0.25, 0.3) is 0 Å². The average molecular weight is 304 g/mol. The minimum Gasteiger partial charge on any atom is -0.327 e. The Labute approximate surface area is 129 Å². The molecule has 2 N–H and O–H groups in total. The zero-order valence-electron chi connectivity index (χ0n) is 12.0. The number of hydrogen-bond donors (Lipinski definition) is 1. The third kappa shape index (κ3) is 4.13. The molecule has 1 saturated heterocycles. The van der Waals surface area contributed by atoms with Crippen LogP contribution < -0.4 is 5.73 Å². The van der Waals surface area contributed by atoms with E-state index < -0.39 is 0 Å². The van der Waals surface area contributed by atoms with Crippen molar-refractivity contribution in [3.05, 3.63) is 58.0 Å². The van der Waals surface area contributed by atoms with Gasteiger partial charge in [0.15, 0.2) is 0 Å². The molecule has 0 aliphatic carbocycles. The van der Waals surface area contributed by atoms with Gasteiger partial charge in [-0.3, -0.25) is 4.90 Å². The van der Waals surface area contributed by atoms with Crippen LogP contribution in [0, 0.1) is 11.7 Å². The number of halogens is 1. The van der Waals surface area contributed by atoms with Crippen LogP contribution in [0.2, 0.25) is 0 Å². The van der Waals surface area contributed by atoms with Crippen LogP contribution in [0.1, 0.15) is 17.5 Å². The molecule has 21 heavy (non-hydrogen) atoms. The fourth-order valence-electron chi connectivity index (χ4n) is 3.22. The molecule has 2 aromatic rings. The van der Waals surface area contributed by atoms with Crippen LogP contribution >= 0.6 is 11.3 Å². The summed E-state index contributed by atoms with van der Waals surface area (Å²) in [5, 5.41) is 4.36. The zero-order valence-corrected chi connectivity index (χ0v) is 12.9. The van der Waals surface area contributed by atoms with Crippen LogP contribution in [0.5, 0.6) is 0 Å². The maximum Gasteiger partial charge on any atom is 0.123 e. The Hall–Kier alpha value is -1.23. The molecule has 0 amide bonds. The summed E-state index contributed by atoms with van der Waals surface area (Å²) in [4.78, 5) is 2.40. The fraction of sp³-hybridized carbons (Fsp3) is 0.412. The monoisotopic (exact) mass is 304 g/mol. The fourth-order valence-corrected chi connectivity index (χ4v) is 3.90. The molecule has 2 atom stereocenters. The first-order valence-corrected chi connectivity index (χ1v) is 8.37. The van der Waals surface area contributed by atoms with E-state index in [1.54, 1.807) is 11.3 Å². The van der Waals surface area contributed by atoms with Crippen molar-refractivity contribution in [1.82, 2.24) is 4.90 Å². The smallest absolute Gasteiger partial charge is 0.123 e. The lowest BCUT2D eigenvalue weighted by Crippen LogP contribution is -2.47. The lowest BCUT2D eigenvalue weighted by Gasteiger charge is -2.36. The van der Waals surface area contributed by atoms with Gasteiger partial charge in [-0.05, 0) is 58.8 Å². The van der Waals surface area contributed by atoms with Crippen LogP contribution in [0.15, 0.2) is 41.1 Å². The van der Waals surface area contributed by atoms with E-state index in [9.17, 15) is 4.39 Å². The standard InChI is InChI=1S/C17H21FN2S/c18-16-3-1-13(2-4-16)9-20-10-15(8-17(19)11-20)7-14-5-6-21-12-14/h1-6,12,15,17H,7-11,19H2. The van der Waals surface area contributed by atoms with Gasteiger partial charge in [-0.15, -0.1) is 0 Å². The van der Waals surface area contributed by atoms with E-state index in [1.807, 2.05) is 12.1 Å². The maximum absolute atomic E-state index is 13.0. The highest BCUT2D eigenvalue weighted by Gasteiger charge is 2.25. The Morgan fingerprint density at radius 2 is 1.95 bits per heavy atom. The van der Waals surface area contributed by atoms with Crippen LogP contribution in [0.25, 0.3) is 0 Å². The molecular formula is C17H21FN2S. The molecule has 1 aromatic carbocycles. The molecule has 2 unspecified atom stereocenters. The number of hydrogen-bond acceptors (Lipinski definition) is 3. The van der Waals surface area contributed by atoms with Gasteiger partial charge in [0.05, 0.1) is 0 Å². The van der Waals surface area contributed by atoms with Crippen molar-refractivity contribution in [2.45, 2.75) is 25.4 Å². The highest BCUT2D eigenvalue weighted by molar-refractivity contribution is 7.07. The van der Waals surface area contributed by atoms with E-state index in [-0.39, 0.29) is 11.9 Å². The molecule has 0 spiro atoms. The van der Waals surface area contributed by atoms with Crippen molar-refractivity contribution < 1.29 is 4.39 Å². The lowest BCUT2D eigenvalue weighted by atomic mass is 9.89. The maximum atomic E-state index is 13.0. The van der Waals surface area contributed by atoms with Gasteiger partial charge < -0.3 is 5.73 Å². The van der Waals surface area contributed by atoms with Crippen molar-refractivity contribution in [3.8, 4) is 0 Å². The van der Waals surface area contributed by atoms with Crippen molar-refractivity contribution in [2.24, 2.45) is 11.7 Å². The van der Waals surface area contributed by atoms with E-state index in [4.69, 9.17) is 5.73 Å². The van der Waals surface area contributed by atoms with E-state index in [2.05, 4.69) is 21.7 Å². The molecule has 2 heterocycles. The van der Waals surface area contributed by atoms with E-state index in [1.165, 1.54) is 17.7 Å². The Kier molecular flexibility index (Phi) is 4.68. The third-order valence-corrected chi connectivity index (χ3v) is 4.80. The van der Waals surface area contributed by atoms with Crippen LogP contribution in [-0.4, -0.2) is 24.0 Å². The summed E-state index contributed by atoms with van der Waals surface area (Å²) in [6.07, 6.45) is 2.20. The molecule has 1 aliphatic heterocycles. The van der Waals surface area contributed by atoms with Gasteiger partial charge >= 0.3 is 0 Å². The number of nitrogens with two attached hydrogens (primary N) is 1. The van der Waals surface area contributed by atoms with Crippen molar-refractivity contribution in [2.75, 3.05) is 13.1 Å². The number of piperidine rings is 1. The molecule has 1 fully saturated rings. The molecule has 2 nitrogen and oxygen atoms in total. The topological polar surface area (TPSA) is 29.3 Å². The number of rotatable bonds is 4. The first kappa shape index (κ1) is 14.7. The van der Waals surface area contributed by atoms with E-state index in [0.717, 1.165) is 38.0 Å². The molecule has 3 rings (SSSR count). The number of benzene rings is 1. The summed E-state index contributed by atoms with van der Waals surface area (Å²) >= 11 is 1.75. The SMILES string of the molecule is NC1CC(Cc2ccsc2)CN(Cc2ccc(F)cc2)C1. The predicted molar refractivity (Wildman–Crippen MR) is 85.8 cm³/mol. The highest BCUT2D eigenvalue weighted by Crippen LogP contribution is 2.23. The zero-order chi connectivity index (χ0) is 14.7. The van der Waals surface area contributed by atoms with Crippen LogP contribution in [-0.2, 0) is 13.0 Å². The first-order valence-electron chi connectivity index (χ1n) is 7.42. The molecule has 112 valence electrons. The first-order chi connectivity index (χ1) is 10.2. The summed E-state index contributed by atoms with van der Waals surface area (Å²) in [7, 11) is 0. The van der Waals surface area contributed by atoms with Crippen molar-refractivity contribution in [3.63, 3.8) is 0 Å². The second kappa shape index (κ2) is 6.69. The quantitative estimate of drug-likeness (QED) is 0.939. The van der Waals surface area contributed by atoms with Gasteiger partial charge in [0.1, 0.15) is 5.82 Å². The Morgan fingerprint density at radius 1 is 1.14 bits per heavy atom. The molecule has 1 aromatic heterocycles. The van der Waals surface area contributed by atoms with Gasteiger partial charge in [-0.2, -0.15) is 11.3 Å². The summed E-state index contributed by atoms with van der Waals surface area (Å²) in [5.41, 5.74) is 8.79. The summed E-state index contributed by atoms with van der Waals surface area (Å²) < 4.78 is 13.0. The summed E-state index contributed by atoms with van der Waals surface area (Å²) in [6, 6.07) is 9.23. The molecule has 0 radical (unpaired) electrons. The second-order valence-corrected chi connectivity index (χ2v) is 6.80. The third-order valence-electron chi connectivity index (χ3n) is 4.07. The number of nitrogens with zero attached hydrogens (tertiary/aromatic N) is 1. The minimum absolute atomic E-state index is 0.176. The predicted octanol–water partition coefficient (Wildman–Crippen LogP) is 3.28. The van der Waals surface area contributed by atoms with E-state index in [0.29, 0.717) is 5.92 Å². The molecule has 0 bridgehead atoms. The highest BCUT2D eigenvalue weighted by atomic mass is 32.1. The normalized spacial score (nSPS) is 23.3. The van der Waals surface area contributed by atoms with Gasteiger partial charge in [-0.25, -0.2) is 4.39 Å². The minimum atomic E-state index is -0.176. The van der Waals surface area contributed by atoms with Crippen molar-refractivity contribution >= 4 is 11.3 Å². The van der Waals surface area contributed by atoms with Gasteiger partial charge in [0.2, 0.25) is 0 Å². The molecule has 4 heteroatoms. The Balaban J connectivity index is 1.61.